The maximum absolute atomic E-state index is 10.9. The number of hydrogen-bond donors (Lipinski definition) is 3. The third kappa shape index (κ3) is 8.87. The van der Waals surface area contributed by atoms with Gasteiger partial charge in [0.25, 0.3) is 0 Å². The van der Waals surface area contributed by atoms with Gasteiger partial charge in [0.1, 0.15) is 0 Å². The number of urea groups is 1. The zero-order valence-electron chi connectivity index (χ0n) is 6.97. The van der Waals surface area contributed by atoms with Gasteiger partial charge in [0.2, 0.25) is 0 Å². The molecular formula is C7H11BrN2O3. The minimum atomic E-state index is -0.940. The van der Waals surface area contributed by atoms with E-state index in [1.165, 1.54) is 0 Å². The molecule has 0 radical (unpaired) electrons. The van der Waals surface area contributed by atoms with Gasteiger partial charge in [-0.2, -0.15) is 0 Å². The van der Waals surface area contributed by atoms with Gasteiger partial charge >= 0.3 is 12.0 Å². The molecule has 2 amide bonds. The summed E-state index contributed by atoms with van der Waals surface area (Å²) in [5.74, 6) is -0.940. The molecule has 0 unspecified atom stereocenters. The number of carboxylic acid groups (broad SMARTS) is 1. The van der Waals surface area contributed by atoms with E-state index in [-0.39, 0.29) is 13.0 Å². The van der Waals surface area contributed by atoms with Crippen molar-refractivity contribution in [3.05, 3.63) is 11.1 Å². The minimum absolute atomic E-state index is 0.0807. The summed E-state index contributed by atoms with van der Waals surface area (Å²) in [7, 11) is 0. The maximum Gasteiger partial charge on any atom is 0.315 e. The van der Waals surface area contributed by atoms with Crippen molar-refractivity contribution in [2.24, 2.45) is 0 Å². The second kappa shape index (κ2) is 6.47. The van der Waals surface area contributed by atoms with Gasteiger partial charge in [-0.25, -0.2) is 4.79 Å². The summed E-state index contributed by atoms with van der Waals surface area (Å²) in [5.41, 5.74) is 0. The van der Waals surface area contributed by atoms with E-state index in [0.717, 1.165) is 0 Å². The Bertz CT molecular complexity index is 218. The first-order valence-corrected chi connectivity index (χ1v) is 4.38. The molecule has 0 heterocycles. The number of halogens is 1. The smallest absolute Gasteiger partial charge is 0.315 e. The van der Waals surface area contributed by atoms with Gasteiger partial charge in [-0.15, -0.1) is 0 Å². The molecule has 3 N–H and O–H groups in total. The Hall–Kier alpha value is -1.04. The van der Waals surface area contributed by atoms with Crippen molar-refractivity contribution in [3.8, 4) is 0 Å². The van der Waals surface area contributed by atoms with Gasteiger partial charge in [0.15, 0.2) is 0 Å². The fraction of sp³-hybridized carbons (Fsp3) is 0.429. The van der Waals surface area contributed by atoms with Crippen molar-refractivity contribution in [1.29, 1.82) is 0 Å². The zero-order valence-corrected chi connectivity index (χ0v) is 8.56. The largest absolute Gasteiger partial charge is 0.481 e. The predicted octanol–water partition coefficient (Wildman–Crippen LogP) is 0.669. The summed E-state index contributed by atoms with van der Waals surface area (Å²) in [5, 5.41) is 13.1. The van der Waals surface area contributed by atoms with Crippen LogP contribution in [0.25, 0.3) is 0 Å². The Morgan fingerprint density at radius 2 is 2.00 bits per heavy atom. The van der Waals surface area contributed by atoms with E-state index in [2.05, 4.69) is 33.1 Å². The number of hydrogen-bond acceptors (Lipinski definition) is 2. The van der Waals surface area contributed by atoms with Gasteiger partial charge < -0.3 is 15.7 Å². The SMILES string of the molecule is C=C(Br)CNC(=O)NCCC(=O)O. The van der Waals surface area contributed by atoms with Crippen LogP contribution in [0.4, 0.5) is 4.79 Å². The predicted molar refractivity (Wildman–Crippen MR) is 51.7 cm³/mol. The average molecular weight is 251 g/mol. The number of amides is 2. The molecule has 5 nitrogen and oxygen atoms in total. The van der Waals surface area contributed by atoms with Crippen LogP contribution in [0.1, 0.15) is 6.42 Å². The first kappa shape index (κ1) is 12.0. The number of rotatable bonds is 5. The van der Waals surface area contributed by atoms with Crippen LogP contribution in [0.5, 0.6) is 0 Å². The molecule has 13 heavy (non-hydrogen) atoms. The number of carbonyl (C=O) groups excluding carboxylic acids is 1. The van der Waals surface area contributed by atoms with E-state index < -0.39 is 12.0 Å². The lowest BCUT2D eigenvalue weighted by Crippen LogP contribution is -2.37. The van der Waals surface area contributed by atoms with E-state index in [1.54, 1.807) is 0 Å². The molecule has 0 aromatic heterocycles. The molecule has 0 bridgehead atoms. The van der Waals surface area contributed by atoms with Crippen LogP contribution in [-0.4, -0.2) is 30.2 Å². The standard InChI is InChI=1S/C7H11BrN2O3/c1-5(8)4-10-7(13)9-3-2-6(11)12/h1-4H2,(H,11,12)(H2,9,10,13). The Kier molecular flexibility index (Phi) is 5.96. The van der Waals surface area contributed by atoms with Gasteiger partial charge in [0, 0.05) is 11.0 Å². The highest BCUT2D eigenvalue weighted by Crippen LogP contribution is 1.95. The normalized spacial score (nSPS) is 9.00. The van der Waals surface area contributed by atoms with Crippen molar-refractivity contribution in [3.63, 3.8) is 0 Å². The molecule has 6 heteroatoms. The van der Waals surface area contributed by atoms with Crippen LogP contribution < -0.4 is 10.6 Å². The lowest BCUT2D eigenvalue weighted by molar-refractivity contribution is -0.136. The summed E-state index contributed by atoms with van der Waals surface area (Å²) in [6.07, 6.45) is -0.0807. The highest BCUT2D eigenvalue weighted by atomic mass is 79.9. The molecular weight excluding hydrogens is 240 g/mol. The highest BCUT2D eigenvalue weighted by molar-refractivity contribution is 9.11. The summed E-state index contributed by atoms with van der Waals surface area (Å²) in [6, 6.07) is -0.401. The molecule has 0 aliphatic heterocycles. The zero-order chi connectivity index (χ0) is 10.3. The fourth-order valence-corrected chi connectivity index (χ4v) is 0.662. The Morgan fingerprint density at radius 1 is 1.38 bits per heavy atom. The van der Waals surface area contributed by atoms with Gasteiger partial charge in [-0.05, 0) is 0 Å². The van der Waals surface area contributed by atoms with E-state index >= 15 is 0 Å². The van der Waals surface area contributed by atoms with Crippen molar-refractivity contribution in [2.75, 3.05) is 13.1 Å². The summed E-state index contributed by atoms with van der Waals surface area (Å²) in [4.78, 5) is 20.9. The van der Waals surface area contributed by atoms with E-state index in [4.69, 9.17) is 5.11 Å². The van der Waals surface area contributed by atoms with Crippen LogP contribution in [-0.2, 0) is 4.79 Å². The summed E-state index contributed by atoms with van der Waals surface area (Å²) < 4.78 is 0.654. The number of carbonyl (C=O) groups is 2. The van der Waals surface area contributed by atoms with E-state index in [1.807, 2.05) is 0 Å². The van der Waals surface area contributed by atoms with Crippen molar-refractivity contribution in [2.45, 2.75) is 6.42 Å². The maximum atomic E-state index is 10.9. The highest BCUT2D eigenvalue weighted by Gasteiger charge is 2.00. The van der Waals surface area contributed by atoms with Gasteiger partial charge in [-0.1, -0.05) is 22.5 Å². The van der Waals surface area contributed by atoms with Gasteiger partial charge in [0.05, 0.1) is 13.0 Å². The van der Waals surface area contributed by atoms with E-state index in [9.17, 15) is 9.59 Å². The molecule has 0 spiro atoms. The van der Waals surface area contributed by atoms with Crippen LogP contribution in [0.3, 0.4) is 0 Å². The molecule has 74 valence electrons. The lowest BCUT2D eigenvalue weighted by atomic mass is 10.4. The monoisotopic (exact) mass is 250 g/mol. The molecule has 0 rings (SSSR count). The Morgan fingerprint density at radius 3 is 2.46 bits per heavy atom. The average Bonchev–Trinajstić information content (AvgIpc) is 2.00. The quantitative estimate of drug-likeness (QED) is 0.671. The molecule has 0 saturated carbocycles. The lowest BCUT2D eigenvalue weighted by Gasteiger charge is -2.04. The minimum Gasteiger partial charge on any atom is -0.481 e. The Balaban J connectivity index is 3.41. The second-order valence-electron chi connectivity index (χ2n) is 2.27. The molecule has 0 fully saturated rings. The third-order valence-corrected chi connectivity index (χ3v) is 1.35. The van der Waals surface area contributed by atoms with Crippen molar-refractivity contribution < 1.29 is 14.7 Å². The van der Waals surface area contributed by atoms with Crippen LogP contribution in [0.15, 0.2) is 11.1 Å². The Labute approximate surface area is 84.3 Å². The topological polar surface area (TPSA) is 78.4 Å². The van der Waals surface area contributed by atoms with Crippen LogP contribution in [0.2, 0.25) is 0 Å². The third-order valence-electron chi connectivity index (χ3n) is 1.07. The van der Waals surface area contributed by atoms with E-state index in [0.29, 0.717) is 11.0 Å². The first-order chi connectivity index (χ1) is 6.02. The van der Waals surface area contributed by atoms with Crippen LogP contribution >= 0.6 is 15.9 Å². The molecule has 0 atom stereocenters. The molecule has 0 aromatic rings. The van der Waals surface area contributed by atoms with Crippen LogP contribution in [0, 0.1) is 0 Å². The fourth-order valence-electron chi connectivity index (χ4n) is 0.522. The molecule has 0 aromatic carbocycles. The first-order valence-electron chi connectivity index (χ1n) is 3.59. The summed E-state index contributed by atoms with van der Waals surface area (Å²) >= 11 is 3.06. The van der Waals surface area contributed by atoms with Crippen molar-refractivity contribution in [1.82, 2.24) is 10.6 Å². The molecule has 0 aliphatic carbocycles. The number of carboxylic acids is 1. The second-order valence-corrected chi connectivity index (χ2v) is 3.39. The van der Waals surface area contributed by atoms with Gasteiger partial charge in [-0.3, -0.25) is 4.79 Å². The number of aliphatic carboxylic acids is 1. The summed E-state index contributed by atoms with van der Waals surface area (Å²) in [6.45, 7) is 3.95. The molecule has 0 saturated heterocycles. The number of nitrogens with one attached hydrogen (secondary N) is 2. The molecule has 0 aliphatic rings. The van der Waals surface area contributed by atoms with Crippen molar-refractivity contribution >= 4 is 27.9 Å².